The highest BCUT2D eigenvalue weighted by molar-refractivity contribution is 4.74. The Morgan fingerprint density at radius 2 is 2.62 bits per heavy atom. The number of imidazole rings is 1. The summed E-state index contributed by atoms with van der Waals surface area (Å²) in [6.07, 6.45) is 7.12. The predicted molar refractivity (Wildman–Crippen MR) is 49.5 cm³/mol. The third kappa shape index (κ3) is 2.54. The van der Waals surface area contributed by atoms with Gasteiger partial charge in [-0.3, -0.25) is 0 Å². The van der Waals surface area contributed by atoms with Crippen LogP contribution in [0, 0.1) is 0 Å². The van der Waals surface area contributed by atoms with Crippen LogP contribution in [0.5, 0.6) is 0 Å². The van der Waals surface area contributed by atoms with Gasteiger partial charge in [0.15, 0.2) is 0 Å². The standard InChI is InChI=1S/C9H15N3O/c1-2-10-7-9(1)13-6-5-12-4-3-11-8-12/h3-4,8-10H,1-2,5-7H2. The molecule has 1 atom stereocenters. The van der Waals surface area contributed by atoms with Gasteiger partial charge in [0.2, 0.25) is 0 Å². The Bertz CT molecular complexity index is 229. The minimum atomic E-state index is 0.420. The van der Waals surface area contributed by atoms with Gasteiger partial charge in [-0.2, -0.15) is 0 Å². The molecule has 1 unspecified atom stereocenters. The Labute approximate surface area is 77.9 Å². The smallest absolute Gasteiger partial charge is 0.0946 e. The Hall–Kier alpha value is -0.870. The van der Waals surface area contributed by atoms with Crippen molar-refractivity contribution in [3.05, 3.63) is 18.7 Å². The molecule has 2 rings (SSSR count). The first-order valence-electron chi connectivity index (χ1n) is 4.73. The third-order valence-corrected chi connectivity index (χ3v) is 2.28. The zero-order chi connectivity index (χ0) is 8.93. The number of ether oxygens (including phenoxy) is 1. The van der Waals surface area contributed by atoms with Gasteiger partial charge in [-0.25, -0.2) is 4.98 Å². The first-order chi connectivity index (χ1) is 6.45. The van der Waals surface area contributed by atoms with Gasteiger partial charge >= 0.3 is 0 Å². The zero-order valence-corrected chi connectivity index (χ0v) is 7.65. The van der Waals surface area contributed by atoms with Gasteiger partial charge in [0.05, 0.1) is 19.0 Å². The van der Waals surface area contributed by atoms with Crippen molar-refractivity contribution >= 4 is 0 Å². The molecule has 1 fully saturated rings. The van der Waals surface area contributed by atoms with Crippen molar-refractivity contribution in [3.8, 4) is 0 Å². The SMILES string of the molecule is c1cn(CCOC2CCNC2)cn1. The van der Waals surface area contributed by atoms with Crippen LogP contribution in [-0.4, -0.2) is 35.4 Å². The van der Waals surface area contributed by atoms with Crippen LogP contribution in [0.1, 0.15) is 6.42 Å². The molecule has 0 radical (unpaired) electrons. The van der Waals surface area contributed by atoms with E-state index >= 15 is 0 Å². The van der Waals surface area contributed by atoms with E-state index in [1.54, 1.807) is 6.20 Å². The fourth-order valence-electron chi connectivity index (χ4n) is 1.51. The van der Waals surface area contributed by atoms with Crippen molar-refractivity contribution in [1.29, 1.82) is 0 Å². The van der Waals surface area contributed by atoms with Crippen molar-refractivity contribution in [2.45, 2.75) is 19.1 Å². The van der Waals surface area contributed by atoms with Gasteiger partial charge in [-0.1, -0.05) is 0 Å². The molecule has 2 heterocycles. The quantitative estimate of drug-likeness (QED) is 0.724. The molecule has 0 aliphatic carbocycles. The van der Waals surface area contributed by atoms with E-state index in [1.165, 1.54) is 0 Å². The van der Waals surface area contributed by atoms with E-state index in [9.17, 15) is 0 Å². The first-order valence-corrected chi connectivity index (χ1v) is 4.73. The number of rotatable bonds is 4. The van der Waals surface area contributed by atoms with Crippen LogP contribution in [0.4, 0.5) is 0 Å². The lowest BCUT2D eigenvalue weighted by molar-refractivity contribution is 0.0614. The zero-order valence-electron chi connectivity index (χ0n) is 7.65. The summed E-state index contributed by atoms with van der Waals surface area (Å²) in [5.74, 6) is 0. The molecule has 1 aliphatic rings. The molecule has 0 spiro atoms. The molecule has 1 aromatic heterocycles. The molecular formula is C9H15N3O. The Morgan fingerprint density at radius 3 is 3.31 bits per heavy atom. The lowest BCUT2D eigenvalue weighted by Crippen LogP contribution is -2.18. The summed E-state index contributed by atoms with van der Waals surface area (Å²) in [6, 6.07) is 0. The summed E-state index contributed by atoms with van der Waals surface area (Å²) < 4.78 is 7.70. The van der Waals surface area contributed by atoms with E-state index in [1.807, 2.05) is 17.1 Å². The summed E-state index contributed by atoms with van der Waals surface area (Å²) in [5, 5.41) is 3.27. The number of hydrogen-bond acceptors (Lipinski definition) is 3. The largest absolute Gasteiger partial charge is 0.375 e. The van der Waals surface area contributed by atoms with E-state index in [-0.39, 0.29) is 0 Å². The van der Waals surface area contributed by atoms with E-state index < -0.39 is 0 Å². The second-order valence-corrected chi connectivity index (χ2v) is 3.29. The van der Waals surface area contributed by atoms with Crippen molar-refractivity contribution in [2.75, 3.05) is 19.7 Å². The molecule has 4 nitrogen and oxygen atoms in total. The average Bonchev–Trinajstić information content (AvgIpc) is 2.75. The molecule has 0 bridgehead atoms. The number of hydrogen-bond donors (Lipinski definition) is 1. The molecule has 4 heteroatoms. The normalized spacial score (nSPS) is 22.3. The van der Waals surface area contributed by atoms with Crippen molar-refractivity contribution in [1.82, 2.24) is 14.9 Å². The second kappa shape index (κ2) is 4.39. The number of nitrogens with zero attached hydrogens (tertiary/aromatic N) is 2. The summed E-state index contributed by atoms with van der Waals surface area (Å²) in [7, 11) is 0. The van der Waals surface area contributed by atoms with Crippen LogP contribution in [0.15, 0.2) is 18.7 Å². The number of nitrogens with one attached hydrogen (secondary N) is 1. The first kappa shape index (κ1) is 8.72. The topological polar surface area (TPSA) is 39.1 Å². The van der Waals surface area contributed by atoms with E-state index in [0.29, 0.717) is 6.10 Å². The average molecular weight is 181 g/mol. The van der Waals surface area contributed by atoms with E-state index in [0.717, 1.165) is 32.7 Å². The molecule has 1 N–H and O–H groups in total. The Kier molecular flexibility index (Phi) is 2.94. The molecule has 1 saturated heterocycles. The highest BCUT2D eigenvalue weighted by atomic mass is 16.5. The van der Waals surface area contributed by atoms with E-state index in [4.69, 9.17) is 4.74 Å². The Balaban J connectivity index is 1.63. The van der Waals surface area contributed by atoms with Gasteiger partial charge in [0.1, 0.15) is 0 Å². The minimum absolute atomic E-state index is 0.420. The van der Waals surface area contributed by atoms with Crippen LogP contribution >= 0.6 is 0 Å². The van der Waals surface area contributed by atoms with Gasteiger partial charge in [-0.15, -0.1) is 0 Å². The molecular weight excluding hydrogens is 166 g/mol. The third-order valence-electron chi connectivity index (χ3n) is 2.28. The van der Waals surface area contributed by atoms with Gasteiger partial charge in [0, 0.05) is 25.5 Å². The van der Waals surface area contributed by atoms with Crippen LogP contribution in [0.25, 0.3) is 0 Å². The van der Waals surface area contributed by atoms with Crippen LogP contribution in [0.2, 0.25) is 0 Å². The van der Waals surface area contributed by atoms with Gasteiger partial charge < -0.3 is 14.6 Å². The maximum Gasteiger partial charge on any atom is 0.0946 e. The molecule has 1 aliphatic heterocycles. The lowest BCUT2D eigenvalue weighted by Gasteiger charge is -2.10. The summed E-state index contributed by atoms with van der Waals surface area (Å²) >= 11 is 0. The van der Waals surface area contributed by atoms with Crippen molar-refractivity contribution in [3.63, 3.8) is 0 Å². The fraction of sp³-hybridized carbons (Fsp3) is 0.667. The van der Waals surface area contributed by atoms with Crippen molar-refractivity contribution < 1.29 is 4.74 Å². The molecule has 1 aromatic rings. The van der Waals surface area contributed by atoms with E-state index in [2.05, 4.69) is 10.3 Å². The lowest BCUT2D eigenvalue weighted by atomic mass is 10.3. The molecule has 0 saturated carbocycles. The highest BCUT2D eigenvalue weighted by Crippen LogP contribution is 2.02. The van der Waals surface area contributed by atoms with Crippen LogP contribution in [0.3, 0.4) is 0 Å². The van der Waals surface area contributed by atoms with Crippen LogP contribution < -0.4 is 5.32 Å². The van der Waals surface area contributed by atoms with Gasteiger partial charge in [0.25, 0.3) is 0 Å². The highest BCUT2D eigenvalue weighted by Gasteiger charge is 2.13. The molecule has 13 heavy (non-hydrogen) atoms. The maximum absolute atomic E-state index is 5.67. The van der Waals surface area contributed by atoms with Crippen molar-refractivity contribution in [2.24, 2.45) is 0 Å². The monoisotopic (exact) mass is 181 g/mol. The fourth-order valence-corrected chi connectivity index (χ4v) is 1.51. The summed E-state index contributed by atoms with van der Waals surface area (Å²) in [5.41, 5.74) is 0. The maximum atomic E-state index is 5.67. The summed E-state index contributed by atoms with van der Waals surface area (Å²) in [6.45, 7) is 3.78. The minimum Gasteiger partial charge on any atom is -0.375 e. The molecule has 0 amide bonds. The van der Waals surface area contributed by atoms with Gasteiger partial charge in [-0.05, 0) is 13.0 Å². The summed E-state index contributed by atoms with van der Waals surface area (Å²) in [4.78, 5) is 3.97. The molecule has 72 valence electrons. The Morgan fingerprint density at radius 1 is 1.62 bits per heavy atom. The predicted octanol–water partition coefficient (Wildman–Crippen LogP) is 0.262. The second-order valence-electron chi connectivity index (χ2n) is 3.29. The molecule has 0 aromatic carbocycles. The van der Waals surface area contributed by atoms with Crippen LogP contribution in [-0.2, 0) is 11.3 Å². The number of aromatic nitrogens is 2.